The van der Waals surface area contributed by atoms with Crippen LogP contribution in [0.3, 0.4) is 0 Å². The van der Waals surface area contributed by atoms with Crippen LogP contribution in [0.5, 0.6) is 0 Å². The molecule has 0 unspecified atom stereocenters. The van der Waals surface area contributed by atoms with E-state index in [0.29, 0.717) is 23.8 Å². The lowest BCUT2D eigenvalue weighted by atomic mass is 10.1. The minimum absolute atomic E-state index is 0.104. The smallest absolute Gasteiger partial charge is 0.222 e. The number of aryl methyl sites for hydroxylation is 1. The number of benzene rings is 1. The van der Waals surface area contributed by atoms with E-state index in [1.807, 2.05) is 13.0 Å². The molecule has 5 heteroatoms. The van der Waals surface area contributed by atoms with Crippen molar-refractivity contribution < 1.29 is 9.32 Å². The molecule has 0 aliphatic rings. The van der Waals surface area contributed by atoms with Gasteiger partial charge in [-0.15, -0.1) is 0 Å². The van der Waals surface area contributed by atoms with Gasteiger partial charge in [-0.05, 0) is 31.0 Å². The summed E-state index contributed by atoms with van der Waals surface area (Å²) in [5, 5.41) is 4.77. The number of carbonyl (C=O) groups is 1. The van der Waals surface area contributed by atoms with E-state index in [1.165, 1.54) is 0 Å². The summed E-state index contributed by atoms with van der Waals surface area (Å²) in [5.74, 6) is -0.273. The minimum atomic E-state index is -0.351. The van der Waals surface area contributed by atoms with Crippen molar-refractivity contribution in [3.8, 4) is 0 Å². The fourth-order valence-electron chi connectivity index (χ4n) is 1.68. The lowest BCUT2D eigenvalue weighted by molar-refractivity contribution is 0.0969. The van der Waals surface area contributed by atoms with E-state index >= 15 is 0 Å². The highest BCUT2D eigenvalue weighted by Gasteiger charge is 2.15. The Morgan fingerprint density at radius 2 is 2.22 bits per heavy atom. The van der Waals surface area contributed by atoms with Gasteiger partial charge in [-0.2, -0.15) is 0 Å². The van der Waals surface area contributed by atoms with Gasteiger partial charge in [0.15, 0.2) is 17.1 Å². The molecular weight excluding hydrogens is 298 g/mol. The number of carbonyl (C=O) groups excluding carboxylic acids is 1. The number of hydrogen-bond acceptors (Lipinski definition) is 4. The number of aromatic nitrogens is 1. The largest absolute Gasteiger partial charge is 0.355 e. The van der Waals surface area contributed by atoms with Gasteiger partial charge in [0.05, 0.1) is 5.39 Å². The molecule has 0 fully saturated rings. The first-order valence-electron chi connectivity index (χ1n) is 5.63. The highest BCUT2D eigenvalue weighted by molar-refractivity contribution is 9.09. The van der Waals surface area contributed by atoms with E-state index in [0.717, 1.165) is 10.9 Å². The van der Waals surface area contributed by atoms with Gasteiger partial charge >= 0.3 is 0 Å². The average molecular weight is 310 g/mol. The van der Waals surface area contributed by atoms with Crippen molar-refractivity contribution in [2.75, 3.05) is 5.33 Å². The Morgan fingerprint density at radius 3 is 2.94 bits per heavy atom. The van der Waals surface area contributed by atoms with Gasteiger partial charge in [0.1, 0.15) is 0 Å². The van der Waals surface area contributed by atoms with Crippen LogP contribution >= 0.6 is 15.9 Å². The van der Waals surface area contributed by atoms with Crippen molar-refractivity contribution in [3.05, 3.63) is 39.7 Å². The normalized spacial score (nSPS) is 10.8. The Kier molecular flexibility index (Phi) is 3.91. The van der Waals surface area contributed by atoms with E-state index in [4.69, 9.17) is 4.52 Å². The van der Waals surface area contributed by atoms with Crippen molar-refractivity contribution in [2.45, 2.75) is 19.8 Å². The van der Waals surface area contributed by atoms with E-state index < -0.39 is 0 Å². The van der Waals surface area contributed by atoms with Gasteiger partial charge in [-0.1, -0.05) is 27.2 Å². The molecule has 0 atom stereocenters. The standard InChI is InChI=1S/C13H12BrNO3/c1-8-4-5-9-11(7-8)18-15-12(13(9)17)10(16)3-2-6-14/h4-5,7H,2-3,6H2,1H3. The first-order chi connectivity index (χ1) is 8.63. The summed E-state index contributed by atoms with van der Waals surface area (Å²) >= 11 is 3.24. The topological polar surface area (TPSA) is 60.2 Å². The van der Waals surface area contributed by atoms with E-state index in [-0.39, 0.29) is 16.9 Å². The molecule has 1 aromatic carbocycles. The molecule has 1 aromatic heterocycles. The second kappa shape index (κ2) is 5.44. The number of hydrogen-bond donors (Lipinski definition) is 0. The van der Waals surface area contributed by atoms with Crippen LogP contribution in [0.25, 0.3) is 11.0 Å². The summed E-state index contributed by atoms with van der Waals surface area (Å²) in [6.45, 7) is 1.90. The highest BCUT2D eigenvalue weighted by atomic mass is 79.9. The molecule has 0 N–H and O–H groups in total. The highest BCUT2D eigenvalue weighted by Crippen LogP contribution is 2.12. The van der Waals surface area contributed by atoms with Crippen LogP contribution in [0.4, 0.5) is 0 Å². The number of halogens is 1. The molecule has 0 radical (unpaired) electrons. The van der Waals surface area contributed by atoms with Crippen LogP contribution in [0, 0.1) is 6.92 Å². The third kappa shape index (κ3) is 2.51. The third-order valence-corrected chi connectivity index (χ3v) is 3.19. The van der Waals surface area contributed by atoms with Crippen LogP contribution in [-0.4, -0.2) is 16.3 Å². The molecule has 0 spiro atoms. The Bertz CT molecular complexity index is 648. The summed E-state index contributed by atoms with van der Waals surface area (Å²) in [6.07, 6.45) is 0.965. The third-order valence-electron chi connectivity index (χ3n) is 2.63. The second-order valence-corrected chi connectivity index (χ2v) is 4.87. The van der Waals surface area contributed by atoms with Crippen LogP contribution in [0.15, 0.2) is 27.5 Å². The van der Waals surface area contributed by atoms with Crippen molar-refractivity contribution in [3.63, 3.8) is 0 Å². The van der Waals surface area contributed by atoms with Gasteiger partial charge in [-0.3, -0.25) is 9.59 Å². The molecule has 1 heterocycles. The Hall–Kier alpha value is -1.49. The molecule has 4 nitrogen and oxygen atoms in total. The number of nitrogens with zero attached hydrogens (tertiary/aromatic N) is 1. The van der Waals surface area contributed by atoms with Gasteiger partial charge in [0.25, 0.3) is 0 Å². The molecule has 0 amide bonds. The Morgan fingerprint density at radius 1 is 1.44 bits per heavy atom. The summed E-state index contributed by atoms with van der Waals surface area (Å²) in [7, 11) is 0. The van der Waals surface area contributed by atoms with Crippen LogP contribution < -0.4 is 5.43 Å². The van der Waals surface area contributed by atoms with Gasteiger partial charge in [0, 0.05) is 11.8 Å². The molecule has 2 rings (SSSR count). The maximum Gasteiger partial charge on any atom is 0.222 e. The quantitative estimate of drug-likeness (QED) is 0.643. The summed E-state index contributed by atoms with van der Waals surface area (Å²) in [5.41, 5.74) is 0.936. The lowest BCUT2D eigenvalue weighted by Gasteiger charge is -2.00. The lowest BCUT2D eigenvalue weighted by Crippen LogP contribution is -2.17. The summed E-state index contributed by atoms with van der Waals surface area (Å²) < 4.78 is 5.12. The molecule has 0 aliphatic carbocycles. The zero-order valence-electron chi connectivity index (χ0n) is 9.90. The van der Waals surface area contributed by atoms with Crippen molar-refractivity contribution in [1.29, 1.82) is 0 Å². The second-order valence-electron chi connectivity index (χ2n) is 4.08. The zero-order valence-corrected chi connectivity index (χ0v) is 11.5. The maximum absolute atomic E-state index is 12.1. The fourth-order valence-corrected chi connectivity index (χ4v) is 1.96. The van der Waals surface area contributed by atoms with Crippen LogP contribution in [0.1, 0.15) is 28.9 Å². The van der Waals surface area contributed by atoms with Gasteiger partial charge < -0.3 is 4.52 Å². The molecule has 94 valence electrons. The predicted octanol–water partition coefficient (Wildman–Crippen LogP) is 2.85. The molecule has 0 saturated carbocycles. The van der Waals surface area contributed by atoms with Crippen molar-refractivity contribution >= 4 is 32.7 Å². The molecule has 2 aromatic rings. The number of ketones is 1. The van der Waals surface area contributed by atoms with E-state index in [2.05, 4.69) is 21.1 Å². The monoisotopic (exact) mass is 309 g/mol. The Labute approximate surface area is 112 Å². The molecular formula is C13H12BrNO3. The molecule has 0 bridgehead atoms. The molecule has 0 aliphatic heterocycles. The first kappa shape index (κ1) is 13.0. The minimum Gasteiger partial charge on any atom is -0.355 e. The maximum atomic E-state index is 12.1. The molecule has 18 heavy (non-hydrogen) atoms. The van der Waals surface area contributed by atoms with Crippen LogP contribution in [0.2, 0.25) is 0 Å². The van der Waals surface area contributed by atoms with Gasteiger partial charge in [-0.25, -0.2) is 0 Å². The van der Waals surface area contributed by atoms with E-state index in [1.54, 1.807) is 12.1 Å². The Balaban J connectivity index is 2.48. The molecule has 0 saturated heterocycles. The predicted molar refractivity (Wildman–Crippen MR) is 72.4 cm³/mol. The first-order valence-corrected chi connectivity index (χ1v) is 6.75. The van der Waals surface area contributed by atoms with Crippen molar-refractivity contribution in [1.82, 2.24) is 5.16 Å². The SMILES string of the molecule is Cc1ccc2c(=O)c(C(=O)CCCBr)noc2c1. The van der Waals surface area contributed by atoms with Gasteiger partial charge in [0.2, 0.25) is 5.43 Å². The van der Waals surface area contributed by atoms with Crippen LogP contribution in [-0.2, 0) is 0 Å². The number of Topliss-reactive ketones (excluding diaryl/α,β-unsaturated/α-hetero) is 1. The zero-order chi connectivity index (χ0) is 13.1. The summed E-state index contributed by atoms with van der Waals surface area (Å²) in [6, 6.07) is 5.21. The average Bonchev–Trinajstić information content (AvgIpc) is 2.36. The number of fused-ring (bicyclic) bond motifs is 1. The number of alkyl halides is 1. The summed E-state index contributed by atoms with van der Waals surface area (Å²) in [4.78, 5) is 23.9. The number of rotatable bonds is 4. The van der Waals surface area contributed by atoms with E-state index in [9.17, 15) is 9.59 Å². The fraction of sp³-hybridized carbons (Fsp3) is 0.308. The van der Waals surface area contributed by atoms with Crippen molar-refractivity contribution in [2.24, 2.45) is 0 Å².